The molecule has 7 heteroatoms. The number of hydrogen-bond donors (Lipinski definition) is 2. The molecule has 0 aromatic heterocycles. The second kappa shape index (κ2) is 7.87. The first kappa shape index (κ1) is 17.1. The van der Waals surface area contributed by atoms with E-state index in [1.54, 1.807) is 12.1 Å². The van der Waals surface area contributed by atoms with E-state index < -0.39 is 0 Å². The molecule has 0 spiro atoms. The lowest BCUT2D eigenvalue weighted by molar-refractivity contribution is -0.120. The van der Waals surface area contributed by atoms with Crippen molar-refractivity contribution in [2.24, 2.45) is 5.73 Å². The zero-order chi connectivity index (χ0) is 16.1. The van der Waals surface area contributed by atoms with Gasteiger partial charge in [-0.05, 0) is 19.1 Å². The van der Waals surface area contributed by atoms with Crippen LogP contribution in [0.2, 0.25) is 5.02 Å². The highest BCUT2D eigenvalue weighted by molar-refractivity contribution is 6.31. The lowest BCUT2D eigenvalue weighted by Gasteiger charge is -2.38. The summed E-state index contributed by atoms with van der Waals surface area (Å²) in [6, 6.07) is 4.25. The molecule has 0 unspecified atom stereocenters. The van der Waals surface area contributed by atoms with Crippen LogP contribution in [0.3, 0.4) is 0 Å². The van der Waals surface area contributed by atoms with Gasteiger partial charge in [0.1, 0.15) is 5.82 Å². The van der Waals surface area contributed by atoms with Gasteiger partial charge in [0.2, 0.25) is 5.91 Å². The fourth-order valence-corrected chi connectivity index (χ4v) is 2.94. The minimum Gasteiger partial charge on any atom is -0.376 e. The van der Waals surface area contributed by atoms with E-state index in [-0.39, 0.29) is 37.0 Å². The summed E-state index contributed by atoms with van der Waals surface area (Å²) in [6.07, 6.45) is 0.0482. The van der Waals surface area contributed by atoms with Crippen LogP contribution in [0.5, 0.6) is 0 Å². The molecule has 5 nitrogen and oxygen atoms in total. The third-order valence-electron chi connectivity index (χ3n) is 3.72. The van der Waals surface area contributed by atoms with Crippen molar-refractivity contribution >= 4 is 17.5 Å². The van der Waals surface area contributed by atoms with Gasteiger partial charge in [0.25, 0.3) is 0 Å². The maximum atomic E-state index is 14.3. The first-order chi connectivity index (χ1) is 10.5. The summed E-state index contributed by atoms with van der Waals surface area (Å²) in [7, 11) is 0. The number of carbonyl (C=O) groups is 1. The minimum absolute atomic E-state index is 0.0482. The molecule has 1 aliphatic heterocycles. The van der Waals surface area contributed by atoms with Crippen molar-refractivity contribution in [3.05, 3.63) is 34.6 Å². The van der Waals surface area contributed by atoms with Crippen LogP contribution in [0.1, 0.15) is 18.5 Å². The fourth-order valence-electron chi connectivity index (χ4n) is 2.65. The van der Waals surface area contributed by atoms with E-state index in [1.807, 2.05) is 6.92 Å². The number of hydrogen-bond acceptors (Lipinski definition) is 4. The number of nitrogens with one attached hydrogen (secondary N) is 1. The monoisotopic (exact) mass is 329 g/mol. The average Bonchev–Trinajstić information content (AvgIpc) is 2.49. The summed E-state index contributed by atoms with van der Waals surface area (Å²) in [5, 5.41) is 3.08. The van der Waals surface area contributed by atoms with Crippen molar-refractivity contribution in [2.45, 2.75) is 19.1 Å². The first-order valence-corrected chi connectivity index (χ1v) is 7.67. The molecule has 1 amide bonds. The van der Waals surface area contributed by atoms with Crippen molar-refractivity contribution < 1.29 is 13.9 Å². The van der Waals surface area contributed by atoms with E-state index in [1.165, 1.54) is 6.07 Å². The summed E-state index contributed by atoms with van der Waals surface area (Å²) in [6.45, 7) is 3.98. The van der Waals surface area contributed by atoms with Gasteiger partial charge in [0.05, 0.1) is 25.3 Å². The Hall–Kier alpha value is -1.21. The van der Waals surface area contributed by atoms with E-state index in [4.69, 9.17) is 22.1 Å². The molecule has 1 saturated heterocycles. The molecule has 2 rings (SSSR count). The zero-order valence-electron chi connectivity index (χ0n) is 12.5. The maximum absolute atomic E-state index is 14.3. The van der Waals surface area contributed by atoms with Crippen LogP contribution >= 0.6 is 11.6 Å². The van der Waals surface area contributed by atoms with Gasteiger partial charge in [-0.2, -0.15) is 0 Å². The number of nitrogens with zero attached hydrogens (tertiary/aromatic N) is 1. The van der Waals surface area contributed by atoms with Crippen LogP contribution < -0.4 is 11.1 Å². The number of benzene rings is 1. The van der Waals surface area contributed by atoms with Crippen LogP contribution in [-0.2, 0) is 9.53 Å². The minimum atomic E-state index is -0.376. The van der Waals surface area contributed by atoms with Crippen LogP contribution in [0, 0.1) is 5.82 Å². The summed E-state index contributed by atoms with van der Waals surface area (Å²) >= 11 is 6.19. The second-order valence-corrected chi connectivity index (χ2v) is 5.74. The van der Waals surface area contributed by atoms with Crippen molar-refractivity contribution in [2.75, 3.05) is 32.8 Å². The van der Waals surface area contributed by atoms with Gasteiger partial charge in [-0.3, -0.25) is 9.69 Å². The zero-order valence-corrected chi connectivity index (χ0v) is 13.3. The van der Waals surface area contributed by atoms with Crippen molar-refractivity contribution in [1.82, 2.24) is 10.2 Å². The van der Waals surface area contributed by atoms with E-state index in [0.29, 0.717) is 30.3 Å². The van der Waals surface area contributed by atoms with Gasteiger partial charge >= 0.3 is 0 Å². The Morgan fingerprint density at radius 2 is 2.41 bits per heavy atom. The number of carbonyl (C=O) groups excluding carboxylic acids is 1. The summed E-state index contributed by atoms with van der Waals surface area (Å²) in [5.41, 5.74) is 5.71. The topological polar surface area (TPSA) is 67.6 Å². The lowest BCUT2D eigenvalue weighted by atomic mass is 10.0. The SMILES string of the molecule is C[C@H]1CN([C@H](CNC(=O)CN)c2c(F)cccc2Cl)CCO1. The van der Waals surface area contributed by atoms with Crippen molar-refractivity contribution in [1.29, 1.82) is 0 Å². The Morgan fingerprint density at radius 1 is 1.64 bits per heavy atom. The Morgan fingerprint density at radius 3 is 3.05 bits per heavy atom. The molecule has 3 N–H and O–H groups in total. The highest BCUT2D eigenvalue weighted by Crippen LogP contribution is 2.30. The number of halogens is 2. The number of amides is 1. The smallest absolute Gasteiger partial charge is 0.233 e. The largest absolute Gasteiger partial charge is 0.376 e. The van der Waals surface area contributed by atoms with E-state index in [2.05, 4.69) is 10.2 Å². The molecule has 1 heterocycles. The fraction of sp³-hybridized carbons (Fsp3) is 0.533. The van der Waals surface area contributed by atoms with Crippen molar-refractivity contribution in [3.63, 3.8) is 0 Å². The van der Waals surface area contributed by atoms with Gasteiger partial charge in [-0.15, -0.1) is 0 Å². The molecule has 2 atom stereocenters. The van der Waals surface area contributed by atoms with Gasteiger partial charge in [0, 0.05) is 30.2 Å². The molecular formula is C15H21ClFN3O2. The predicted molar refractivity (Wildman–Crippen MR) is 83.2 cm³/mol. The van der Waals surface area contributed by atoms with E-state index in [0.717, 1.165) is 0 Å². The Labute approximate surface area is 134 Å². The van der Waals surface area contributed by atoms with Gasteiger partial charge < -0.3 is 15.8 Å². The average molecular weight is 330 g/mol. The molecule has 122 valence electrons. The van der Waals surface area contributed by atoms with Crippen LogP contribution in [-0.4, -0.2) is 49.7 Å². The van der Waals surface area contributed by atoms with Crippen molar-refractivity contribution in [3.8, 4) is 0 Å². The molecule has 1 aromatic rings. The molecule has 22 heavy (non-hydrogen) atoms. The summed E-state index contributed by atoms with van der Waals surface area (Å²) in [5.74, 6) is -0.655. The van der Waals surface area contributed by atoms with Gasteiger partial charge in [-0.1, -0.05) is 17.7 Å². The lowest BCUT2D eigenvalue weighted by Crippen LogP contribution is -2.47. The maximum Gasteiger partial charge on any atom is 0.233 e. The summed E-state index contributed by atoms with van der Waals surface area (Å²) in [4.78, 5) is 13.5. The van der Waals surface area contributed by atoms with Gasteiger partial charge in [0.15, 0.2) is 0 Å². The first-order valence-electron chi connectivity index (χ1n) is 7.29. The molecule has 0 aliphatic carbocycles. The molecular weight excluding hydrogens is 309 g/mol. The second-order valence-electron chi connectivity index (χ2n) is 5.34. The molecule has 0 radical (unpaired) electrons. The molecule has 1 aliphatic rings. The number of ether oxygens (including phenoxy) is 1. The quantitative estimate of drug-likeness (QED) is 0.855. The van der Waals surface area contributed by atoms with E-state index in [9.17, 15) is 9.18 Å². The molecule has 1 fully saturated rings. The van der Waals surface area contributed by atoms with E-state index >= 15 is 0 Å². The van der Waals surface area contributed by atoms with Crippen LogP contribution in [0.25, 0.3) is 0 Å². The number of morpholine rings is 1. The number of nitrogens with two attached hydrogens (primary N) is 1. The summed E-state index contributed by atoms with van der Waals surface area (Å²) < 4.78 is 19.8. The van der Waals surface area contributed by atoms with Gasteiger partial charge in [-0.25, -0.2) is 4.39 Å². The highest BCUT2D eigenvalue weighted by Gasteiger charge is 2.29. The normalized spacial score (nSPS) is 20.6. The van der Waals surface area contributed by atoms with Crippen LogP contribution in [0.4, 0.5) is 4.39 Å². The Bertz CT molecular complexity index is 509. The molecule has 1 aromatic carbocycles. The van der Waals surface area contributed by atoms with Crippen LogP contribution in [0.15, 0.2) is 18.2 Å². The highest BCUT2D eigenvalue weighted by atomic mass is 35.5. The Balaban J connectivity index is 2.26. The predicted octanol–water partition coefficient (Wildman–Crippen LogP) is 1.32. The third kappa shape index (κ3) is 4.16. The Kier molecular flexibility index (Phi) is 6.14. The third-order valence-corrected chi connectivity index (χ3v) is 4.05. The standard InChI is InChI=1S/C15H21ClFN3O2/c1-10-9-20(5-6-22-10)13(8-19-14(21)7-18)15-11(16)3-2-4-12(15)17/h2-4,10,13H,5-9,18H2,1H3,(H,19,21)/t10-,13+/m0/s1. The number of rotatable bonds is 5. The molecule has 0 saturated carbocycles. The molecule has 0 bridgehead atoms.